The summed E-state index contributed by atoms with van der Waals surface area (Å²) in [4.78, 5) is 8.36. The number of pyridine rings is 1. The van der Waals surface area contributed by atoms with E-state index in [-0.39, 0.29) is 24.0 Å². The van der Waals surface area contributed by atoms with Crippen molar-refractivity contribution in [1.29, 1.82) is 0 Å². The molecule has 5 nitrogen and oxygen atoms in total. The Labute approximate surface area is 125 Å². The van der Waals surface area contributed by atoms with E-state index in [2.05, 4.69) is 20.6 Å². The Morgan fingerprint density at radius 1 is 1.39 bits per heavy atom. The molecule has 18 heavy (non-hydrogen) atoms. The number of rotatable bonds is 6. The molecule has 1 aromatic rings. The number of aromatic nitrogens is 1. The maximum atomic E-state index is 4.98. The summed E-state index contributed by atoms with van der Waals surface area (Å²) in [6.07, 6.45) is 2.74. The Morgan fingerprint density at radius 2 is 2.22 bits per heavy atom. The molecule has 0 aliphatic carbocycles. The van der Waals surface area contributed by atoms with Gasteiger partial charge in [-0.2, -0.15) is 0 Å². The predicted molar refractivity (Wildman–Crippen MR) is 84.3 cm³/mol. The number of guanidine groups is 1. The average Bonchev–Trinajstić information content (AvgIpc) is 2.39. The van der Waals surface area contributed by atoms with Crippen molar-refractivity contribution in [3.05, 3.63) is 30.1 Å². The molecular weight excluding hydrogens is 343 g/mol. The highest BCUT2D eigenvalue weighted by Crippen LogP contribution is 1.91. The van der Waals surface area contributed by atoms with Crippen LogP contribution in [0, 0.1) is 0 Å². The normalized spacial score (nSPS) is 10.7. The number of ether oxygens (including phenoxy) is 1. The molecule has 0 aromatic carbocycles. The van der Waals surface area contributed by atoms with Crippen LogP contribution in [0.3, 0.4) is 0 Å². The fourth-order valence-electron chi connectivity index (χ4n) is 1.32. The highest BCUT2D eigenvalue weighted by atomic mass is 127. The fraction of sp³-hybridized carbons (Fsp3) is 0.500. The predicted octanol–water partition coefficient (Wildman–Crippen LogP) is 1.40. The maximum Gasteiger partial charge on any atom is 0.191 e. The molecule has 1 rings (SSSR count). The van der Waals surface area contributed by atoms with Crippen LogP contribution in [0.25, 0.3) is 0 Å². The minimum Gasteiger partial charge on any atom is -0.385 e. The highest BCUT2D eigenvalue weighted by molar-refractivity contribution is 14.0. The number of hydrogen-bond donors (Lipinski definition) is 2. The standard InChI is InChI=1S/C12H20N4O.HI/c1-13-12(15-8-5-9-17-2)16-10-11-6-3-4-7-14-11;/h3-4,6-7H,5,8-10H2,1-2H3,(H2,13,15,16);1H. The summed E-state index contributed by atoms with van der Waals surface area (Å²) in [6.45, 7) is 2.27. The molecule has 2 N–H and O–H groups in total. The van der Waals surface area contributed by atoms with Crippen LogP contribution in [0.15, 0.2) is 29.4 Å². The number of halogens is 1. The summed E-state index contributed by atoms with van der Waals surface area (Å²) in [7, 11) is 3.46. The van der Waals surface area contributed by atoms with Crippen molar-refractivity contribution < 1.29 is 4.74 Å². The van der Waals surface area contributed by atoms with Crippen LogP contribution in [-0.2, 0) is 11.3 Å². The molecule has 0 radical (unpaired) electrons. The van der Waals surface area contributed by atoms with Crippen LogP contribution in [0.2, 0.25) is 0 Å². The second-order valence-corrected chi connectivity index (χ2v) is 3.52. The van der Waals surface area contributed by atoms with E-state index >= 15 is 0 Å². The monoisotopic (exact) mass is 364 g/mol. The van der Waals surface area contributed by atoms with Crippen LogP contribution >= 0.6 is 24.0 Å². The van der Waals surface area contributed by atoms with E-state index < -0.39 is 0 Å². The third kappa shape index (κ3) is 7.44. The molecule has 0 saturated carbocycles. The average molecular weight is 364 g/mol. The highest BCUT2D eigenvalue weighted by Gasteiger charge is 1.97. The number of nitrogens with zero attached hydrogens (tertiary/aromatic N) is 2. The van der Waals surface area contributed by atoms with E-state index in [9.17, 15) is 0 Å². The summed E-state index contributed by atoms with van der Waals surface area (Å²) in [6, 6.07) is 5.85. The van der Waals surface area contributed by atoms with Crippen molar-refractivity contribution in [2.75, 3.05) is 27.3 Å². The van der Waals surface area contributed by atoms with Gasteiger partial charge in [-0.25, -0.2) is 0 Å². The van der Waals surface area contributed by atoms with E-state index in [1.165, 1.54) is 0 Å². The number of aliphatic imine (C=N–C) groups is 1. The maximum absolute atomic E-state index is 4.98. The Bertz CT molecular complexity index is 332. The molecule has 0 aliphatic rings. The van der Waals surface area contributed by atoms with Gasteiger partial charge in [0, 0.05) is 33.5 Å². The second-order valence-electron chi connectivity index (χ2n) is 3.52. The van der Waals surface area contributed by atoms with Crippen LogP contribution in [0.5, 0.6) is 0 Å². The molecule has 102 valence electrons. The van der Waals surface area contributed by atoms with E-state index in [0.29, 0.717) is 6.54 Å². The molecule has 6 heteroatoms. The van der Waals surface area contributed by atoms with Gasteiger partial charge in [-0.3, -0.25) is 9.98 Å². The molecule has 0 amide bonds. The first-order valence-electron chi connectivity index (χ1n) is 5.70. The van der Waals surface area contributed by atoms with Gasteiger partial charge >= 0.3 is 0 Å². The van der Waals surface area contributed by atoms with E-state index in [0.717, 1.165) is 31.2 Å². The van der Waals surface area contributed by atoms with Crippen molar-refractivity contribution in [3.63, 3.8) is 0 Å². The van der Waals surface area contributed by atoms with Gasteiger partial charge in [0.25, 0.3) is 0 Å². The van der Waals surface area contributed by atoms with Crippen LogP contribution in [-0.4, -0.2) is 38.3 Å². The largest absolute Gasteiger partial charge is 0.385 e. The molecule has 0 fully saturated rings. The molecular formula is C12H21IN4O. The van der Waals surface area contributed by atoms with Crippen molar-refractivity contribution in [2.45, 2.75) is 13.0 Å². The summed E-state index contributed by atoms with van der Waals surface area (Å²) in [5.41, 5.74) is 0.993. The molecule has 0 aliphatic heterocycles. The smallest absolute Gasteiger partial charge is 0.191 e. The Balaban J connectivity index is 0.00000289. The van der Waals surface area contributed by atoms with Crippen LogP contribution in [0.1, 0.15) is 12.1 Å². The van der Waals surface area contributed by atoms with Gasteiger partial charge in [0.05, 0.1) is 12.2 Å². The third-order valence-electron chi connectivity index (χ3n) is 2.20. The van der Waals surface area contributed by atoms with Crippen molar-refractivity contribution in [1.82, 2.24) is 15.6 Å². The van der Waals surface area contributed by atoms with Crippen molar-refractivity contribution in [3.8, 4) is 0 Å². The molecule has 0 bridgehead atoms. The van der Waals surface area contributed by atoms with Crippen LogP contribution in [0.4, 0.5) is 0 Å². The summed E-state index contributed by atoms with van der Waals surface area (Å²) in [5.74, 6) is 0.784. The van der Waals surface area contributed by atoms with Gasteiger partial charge in [0.2, 0.25) is 0 Å². The summed E-state index contributed by atoms with van der Waals surface area (Å²) >= 11 is 0. The second kappa shape index (κ2) is 11.2. The molecule has 1 heterocycles. The molecule has 0 atom stereocenters. The van der Waals surface area contributed by atoms with Crippen LogP contribution < -0.4 is 10.6 Å². The van der Waals surface area contributed by atoms with Crippen molar-refractivity contribution in [2.24, 2.45) is 4.99 Å². The summed E-state index contributed by atoms with van der Waals surface area (Å²) in [5, 5.41) is 6.40. The molecule has 0 spiro atoms. The molecule has 0 unspecified atom stereocenters. The fourth-order valence-corrected chi connectivity index (χ4v) is 1.32. The van der Waals surface area contributed by atoms with Gasteiger partial charge in [-0.15, -0.1) is 24.0 Å². The van der Waals surface area contributed by atoms with Gasteiger partial charge in [0.15, 0.2) is 5.96 Å². The molecule has 1 aromatic heterocycles. The zero-order valence-corrected chi connectivity index (χ0v) is 13.2. The lowest BCUT2D eigenvalue weighted by atomic mass is 10.3. The minimum atomic E-state index is 0. The SMILES string of the molecule is CN=C(NCCCOC)NCc1ccccn1.I. The number of methoxy groups -OCH3 is 1. The van der Waals surface area contributed by atoms with Gasteiger partial charge in [-0.05, 0) is 18.6 Å². The Kier molecular flexibility index (Phi) is 10.7. The van der Waals surface area contributed by atoms with E-state index in [4.69, 9.17) is 4.74 Å². The first-order valence-corrected chi connectivity index (χ1v) is 5.70. The quantitative estimate of drug-likeness (QED) is 0.347. The minimum absolute atomic E-state index is 0. The van der Waals surface area contributed by atoms with Crippen molar-refractivity contribution >= 4 is 29.9 Å². The Hall–Kier alpha value is -0.890. The first-order chi connectivity index (χ1) is 8.36. The lowest BCUT2D eigenvalue weighted by Crippen LogP contribution is -2.37. The number of nitrogens with one attached hydrogen (secondary N) is 2. The zero-order chi connectivity index (χ0) is 12.3. The topological polar surface area (TPSA) is 58.5 Å². The van der Waals surface area contributed by atoms with Gasteiger partial charge < -0.3 is 15.4 Å². The van der Waals surface area contributed by atoms with E-state index in [1.54, 1.807) is 20.4 Å². The first kappa shape index (κ1) is 17.1. The lowest BCUT2D eigenvalue weighted by molar-refractivity contribution is 0.195. The Morgan fingerprint density at radius 3 is 2.83 bits per heavy atom. The summed E-state index contributed by atoms with van der Waals surface area (Å²) < 4.78 is 4.98. The van der Waals surface area contributed by atoms with Gasteiger partial charge in [-0.1, -0.05) is 6.07 Å². The zero-order valence-electron chi connectivity index (χ0n) is 10.8. The van der Waals surface area contributed by atoms with E-state index in [1.807, 2.05) is 18.2 Å². The van der Waals surface area contributed by atoms with Gasteiger partial charge in [0.1, 0.15) is 0 Å². The molecule has 0 saturated heterocycles. The lowest BCUT2D eigenvalue weighted by Gasteiger charge is -2.11. The number of hydrogen-bond acceptors (Lipinski definition) is 3. The third-order valence-corrected chi connectivity index (χ3v) is 2.20.